The van der Waals surface area contributed by atoms with Crippen molar-refractivity contribution in [1.29, 1.82) is 0 Å². The van der Waals surface area contributed by atoms with Crippen molar-refractivity contribution >= 4 is 34.7 Å². The zero-order chi connectivity index (χ0) is 14.7. The van der Waals surface area contributed by atoms with E-state index in [0.29, 0.717) is 10.6 Å². The molecule has 0 spiro atoms. The molecule has 1 unspecified atom stereocenters. The van der Waals surface area contributed by atoms with Crippen molar-refractivity contribution < 1.29 is 4.79 Å². The predicted molar refractivity (Wildman–Crippen MR) is 83.3 cm³/mol. The first-order valence-corrected chi connectivity index (χ1v) is 7.42. The number of halogens is 1. The van der Waals surface area contributed by atoms with Gasteiger partial charge < -0.3 is 11.1 Å². The number of nitrogens with zero attached hydrogens (tertiary/aromatic N) is 1. The van der Waals surface area contributed by atoms with Crippen LogP contribution in [0.15, 0.2) is 24.4 Å². The van der Waals surface area contributed by atoms with E-state index in [1.165, 1.54) is 22.0 Å². The molecule has 2 heterocycles. The number of nitrogen functional groups attached to an aromatic ring is 1. The van der Waals surface area contributed by atoms with Crippen molar-refractivity contribution in [3.8, 4) is 0 Å². The maximum atomic E-state index is 12.1. The Morgan fingerprint density at radius 2 is 2.30 bits per heavy atom. The van der Waals surface area contributed by atoms with Crippen molar-refractivity contribution in [2.45, 2.75) is 26.3 Å². The van der Waals surface area contributed by atoms with Crippen LogP contribution in [0.25, 0.3) is 0 Å². The summed E-state index contributed by atoms with van der Waals surface area (Å²) in [6.45, 7) is 4.04. The zero-order valence-corrected chi connectivity index (χ0v) is 12.9. The third-order valence-electron chi connectivity index (χ3n) is 2.81. The summed E-state index contributed by atoms with van der Waals surface area (Å²) in [7, 11) is 0. The Kier molecular flexibility index (Phi) is 4.62. The van der Waals surface area contributed by atoms with E-state index in [1.54, 1.807) is 11.3 Å². The molecule has 2 rings (SSSR count). The summed E-state index contributed by atoms with van der Waals surface area (Å²) in [5.74, 6) is 0.0329. The fourth-order valence-electron chi connectivity index (χ4n) is 1.83. The molecule has 20 heavy (non-hydrogen) atoms. The minimum Gasteiger partial charge on any atom is -0.382 e. The third kappa shape index (κ3) is 3.71. The molecule has 0 aliphatic rings. The van der Waals surface area contributed by atoms with Gasteiger partial charge in [0.1, 0.15) is 5.82 Å². The molecule has 0 aliphatic heterocycles. The number of carbonyl (C=O) groups excluding carboxylic acids is 1. The number of rotatable bonds is 4. The minimum absolute atomic E-state index is 0.0388. The van der Waals surface area contributed by atoms with Crippen LogP contribution in [0.4, 0.5) is 5.82 Å². The van der Waals surface area contributed by atoms with E-state index < -0.39 is 0 Å². The fraction of sp³-hybridized carbons (Fsp3) is 0.286. The van der Waals surface area contributed by atoms with E-state index in [4.69, 9.17) is 17.3 Å². The molecular formula is C14H16ClN3OS. The Hall–Kier alpha value is -1.59. The Morgan fingerprint density at radius 3 is 2.90 bits per heavy atom. The summed E-state index contributed by atoms with van der Waals surface area (Å²) >= 11 is 7.60. The second-order valence-corrected chi connectivity index (χ2v) is 6.46. The standard InChI is InChI=1S/C14H16ClN3OS/c1-8(5-11-4-3-9(2)20-11)18-14(19)10-6-12(15)13(16)17-7-10/h3-4,6-8H,5H2,1-2H3,(H2,16,17)(H,18,19). The van der Waals surface area contributed by atoms with Crippen LogP contribution >= 0.6 is 22.9 Å². The van der Waals surface area contributed by atoms with Gasteiger partial charge in [-0.3, -0.25) is 4.79 Å². The normalized spacial score (nSPS) is 12.2. The molecule has 3 N–H and O–H groups in total. The minimum atomic E-state index is -0.194. The molecule has 2 aromatic rings. The van der Waals surface area contributed by atoms with Crippen LogP contribution in [0, 0.1) is 6.92 Å². The van der Waals surface area contributed by atoms with Crippen LogP contribution in [0.3, 0.4) is 0 Å². The van der Waals surface area contributed by atoms with Crippen LogP contribution < -0.4 is 11.1 Å². The molecule has 1 amide bonds. The number of hydrogen-bond acceptors (Lipinski definition) is 4. The topological polar surface area (TPSA) is 68.0 Å². The van der Waals surface area contributed by atoms with Crippen molar-refractivity contribution in [2.24, 2.45) is 0 Å². The predicted octanol–water partition coefficient (Wildman–Crippen LogP) is 3.05. The number of aromatic nitrogens is 1. The fourth-order valence-corrected chi connectivity index (χ4v) is 3.01. The van der Waals surface area contributed by atoms with Gasteiger partial charge in [-0.25, -0.2) is 4.98 Å². The first kappa shape index (κ1) is 14.8. The smallest absolute Gasteiger partial charge is 0.253 e. The van der Waals surface area contributed by atoms with Crippen LogP contribution in [0.2, 0.25) is 5.02 Å². The van der Waals surface area contributed by atoms with Crippen molar-refractivity contribution in [3.05, 3.63) is 44.7 Å². The van der Waals surface area contributed by atoms with Crippen LogP contribution in [0.1, 0.15) is 27.0 Å². The molecule has 0 aliphatic carbocycles. The lowest BCUT2D eigenvalue weighted by Gasteiger charge is -2.13. The molecule has 0 bridgehead atoms. The van der Waals surface area contributed by atoms with Gasteiger partial charge >= 0.3 is 0 Å². The molecule has 2 aromatic heterocycles. The quantitative estimate of drug-likeness (QED) is 0.912. The zero-order valence-electron chi connectivity index (χ0n) is 11.3. The lowest BCUT2D eigenvalue weighted by molar-refractivity contribution is 0.0940. The highest BCUT2D eigenvalue weighted by Gasteiger charge is 2.12. The average Bonchev–Trinajstić information content (AvgIpc) is 2.77. The summed E-state index contributed by atoms with van der Waals surface area (Å²) in [4.78, 5) is 18.5. The Balaban J connectivity index is 1.98. The number of aryl methyl sites for hydroxylation is 1. The molecule has 6 heteroatoms. The maximum Gasteiger partial charge on any atom is 0.253 e. The number of anilines is 1. The van der Waals surface area contributed by atoms with Gasteiger partial charge in [0, 0.05) is 28.4 Å². The van der Waals surface area contributed by atoms with E-state index in [0.717, 1.165) is 6.42 Å². The van der Waals surface area contributed by atoms with Crippen LogP contribution in [-0.4, -0.2) is 16.9 Å². The lowest BCUT2D eigenvalue weighted by atomic mass is 10.2. The van der Waals surface area contributed by atoms with E-state index in [2.05, 4.69) is 29.4 Å². The number of pyridine rings is 1. The van der Waals surface area contributed by atoms with Gasteiger partial charge in [0.25, 0.3) is 5.91 Å². The van der Waals surface area contributed by atoms with Gasteiger partial charge in [-0.1, -0.05) is 11.6 Å². The summed E-state index contributed by atoms with van der Waals surface area (Å²) in [6, 6.07) is 5.74. The van der Waals surface area contributed by atoms with Gasteiger partial charge in [-0.05, 0) is 32.0 Å². The van der Waals surface area contributed by atoms with Crippen molar-refractivity contribution in [3.63, 3.8) is 0 Å². The summed E-state index contributed by atoms with van der Waals surface area (Å²) in [6.07, 6.45) is 2.24. The Morgan fingerprint density at radius 1 is 1.55 bits per heavy atom. The molecule has 0 saturated carbocycles. The number of nitrogens with one attached hydrogen (secondary N) is 1. The third-order valence-corrected chi connectivity index (χ3v) is 4.14. The summed E-state index contributed by atoms with van der Waals surface area (Å²) < 4.78 is 0. The first-order chi connectivity index (χ1) is 9.45. The van der Waals surface area contributed by atoms with Crippen LogP contribution in [0.5, 0.6) is 0 Å². The van der Waals surface area contributed by atoms with E-state index >= 15 is 0 Å². The number of thiophene rings is 1. The molecule has 0 radical (unpaired) electrons. The van der Waals surface area contributed by atoms with Gasteiger partial charge in [0.15, 0.2) is 0 Å². The molecule has 4 nitrogen and oxygen atoms in total. The van der Waals surface area contributed by atoms with Gasteiger partial charge in [0.05, 0.1) is 10.6 Å². The van der Waals surface area contributed by atoms with Crippen molar-refractivity contribution in [2.75, 3.05) is 5.73 Å². The summed E-state index contributed by atoms with van der Waals surface area (Å²) in [5.41, 5.74) is 5.94. The van der Waals surface area contributed by atoms with Crippen LogP contribution in [-0.2, 0) is 6.42 Å². The molecule has 1 atom stereocenters. The average molecular weight is 310 g/mol. The summed E-state index contributed by atoms with van der Waals surface area (Å²) in [5, 5.41) is 3.22. The lowest BCUT2D eigenvalue weighted by Crippen LogP contribution is -2.34. The highest BCUT2D eigenvalue weighted by molar-refractivity contribution is 7.11. The number of carbonyl (C=O) groups is 1. The Labute approximate surface area is 127 Å². The highest BCUT2D eigenvalue weighted by atomic mass is 35.5. The maximum absolute atomic E-state index is 12.1. The van der Waals surface area contributed by atoms with Gasteiger partial charge in [0.2, 0.25) is 0 Å². The highest BCUT2D eigenvalue weighted by Crippen LogP contribution is 2.18. The number of hydrogen-bond donors (Lipinski definition) is 2. The van der Waals surface area contributed by atoms with E-state index in [1.807, 2.05) is 6.92 Å². The van der Waals surface area contributed by atoms with Crippen molar-refractivity contribution in [1.82, 2.24) is 10.3 Å². The first-order valence-electron chi connectivity index (χ1n) is 6.23. The Bertz CT molecular complexity index is 627. The number of amides is 1. The SMILES string of the molecule is Cc1ccc(CC(C)NC(=O)c2cnc(N)c(Cl)c2)s1. The van der Waals surface area contributed by atoms with Gasteiger partial charge in [-0.15, -0.1) is 11.3 Å². The molecule has 0 saturated heterocycles. The monoisotopic (exact) mass is 309 g/mol. The largest absolute Gasteiger partial charge is 0.382 e. The van der Waals surface area contributed by atoms with E-state index in [9.17, 15) is 4.79 Å². The second kappa shape index (κ2) is 6.24. The van der Waals surface area contributed by atoms with E-state index in [-0.39, 0.29) is 17.8 Å². The second-order valence-electron chi connectivity index (χ2n) is 4.68. The van der Waals surface area contributed by atoms with Gasteiger partial charge in [-0.2, -0.15) is 0 Å². The molecule has 106 valence electrons. The number of nitrogens with two attached hydrogens (primary N) is 1. The molecule has 0 aromatic carbocycles. The molecule has 0 fully saturated rings. The molecular weight excluding hydrogens is 294 g/mol.